The van der Waals surface area contributed by atoms with E-state index in [4.69, 9.17) is 5.11 Å². The number of amides is 1. The third kappa shape index (κ3) is 6.32. The molecule has 0 aliphatic heterocycles. The average molecular weight is 331 g/mol. The SMILES string of the molecule is O=C(O)CSCCNC(=O)CCCc1ccc2ccccc2c1. The van der Waals surface area contributed by atoms with Gasteiger partial charge in [0.15, 0.2) is 0 Å². The molecule has 2 aromatic carbocycles. The van der Waals surface area contributed by atoms with E-state index in [0.29, 0.717) is 18.7 Å². The lowest BCUT2D eigenvalue weighted by Gasteiger charge is -2.06. The third-order valence-electron chi connectivity index (χ3n) is 3.48. The highest BCUT2D eigenvalue weighted by atomic mass is 32.2. The lowest BCUT2D eigenvalue weighted by atomic mass is 10.0. The Balaban J connectivity index is 1.65. The second-order valence-electron chi connectivity index (χ2n) is 5.33. The molecule has 0 bridgehead atoms. The van der Waals surface area contributed by atoms with E-state index in [0.717, 1.165) is 12.8 Å². The van der Waals surface area contributed by atoms with E-state index in [1.54, 1.807) is 0 Å². The molecule has 0 unspecified atom stereocenters. The van der Waals surface area contributed by atoms with E-state index < -0.39 is 5.97 Å². The summed E-state index contributed by atoms with van der Waals surface area (Å²) in [7, 11) is 0. The van der Waals surface area contributed by atoms with Crippen molar-refractivity contribution in [3.8, 4) is 0 Å². The van der Waals surface area contributed by atoms with Gasteiger partial charge in [-0.3, -0.25) is 9.59 Å². The first-order chi connectivity index (χ1) is 11.1. The summed E-state index contributed by atoms with van der Waals surface area (Å²) >= 11 is 1.31. The van der Waals surface area contributed by atoms with Gasteiger partial charge in [0.25, 0.3) is 0 Å². The van der Waals surface area contributed by atoms with Crippen LogP contribution in [0.15, 0.2) is 42.5 Å². The van der Waals surface area contributed by atoms with Gasteiger partial charge >= 0.3 is 5.97 Å². The van der Waals surface area contributed by atoms with Crippen LogP contribution in [0, 0.1) is 0 Å². The Hall–Kier alpha value is -2.01. The minimum Gasteiger partial charge on any atom is -0.481 e. The molecule has 0 saturated heterocycles. The van der Waals surface area contributed by atoms with Crippen molar-refractivity contribution in [3.63, 3.8) is 0 Å². The van der Waals surface area contributed by atoms with Crippen LogP contribution in [-0.4, -0.2) is 35.0 Å². The molecule has 0 saturated carbocycles. The summed E-state index contributed by atoms with van der Waals surface area (Å²) < 4.78 is 0. The summed E-state index contributed by atoms with van der Waals surface area (Å²) in [6, 6.07) is 14.7. The highest BCUT2D eigenvalue weighted by Crippen LogP contribution is 2.16. The van der Waals surface area contributed by atoms with Gasteiger partial charge in [-0.2, -0.15) is 0 Å². The van der Waals surface area contributed by atoms with Crippen molar-refractivity contribution >= 4 is 34.4 Å². The molecule has 0 aromatic heterocycles. The topological polar surface area (TPSA) is 66.4 Å². The maximum Gasteiger partial charge on any atom is 0.313 e. The Morgan fingerprint density at radius 3 is 2.65 bits per heavy atom. The standard InChI is InChI=1S/C18H21NO3S/c20-17(19-10-11-23-13-18(21)22)7-3-4-14-8-9-15-5-1-2-6-16(15)12-14/h1-2,5-6,8-9,12H,3-4,7,10-11,13H2,(H,19,20)(H,21,22). The Kier molecular flexibility index (Phi) is 6.94. The molecule has 0 spiro atoms. The zero-order chi connectivity index (χ0) is 16.5. The Bertz CT molecular complexity index is 672. The molecule has 122 valence electrons. The Morgan fingerprint density at radius 2 is 1.87 bits per heavy atom. The second kappa shape index (κ2) is 9.20. The van der Waals surface area contributed by atoms with Gasteiger partial charge in [0.1, 0.15) is 0 Å². The smallest absolute Gasteiger partial charge is 0.313 e. The van der Waals surface area contributed by atoms with Crippen LogP contribution in [0.3, 0.4) is 0 Å². The van der Waals surface area contributed by atoms with E-state index in [1.165, 1.54) is 28.1 Å². The van der Waals surface area contributed by atoms with E-state index in [-0.39, 0.29) is 11.7 Å². The van der Waals surface area contributed by atoms with Gasteiger partial charge in [-0.25, -0.2) is 0 Å². The van der Waals surface area contributed by atoms with Gasteiger partial charge in [0.05, 0.1) is 5.75 Å². The fourth-order valence-corrected chi connectivity index (χ4v) is 2.92. The van der Waals surface area contributed by atoms with Crippen molar-refractivity contribution in [3.05, 3.63) is 48.0 Å². The molecule has 0 fully saturated rings. The average Bonchev–Trinajstić information content (AvgIpc) is 2.54. The summed E-state index contributed by atoms with van der Waals surface area (Å²) in [6.07, 6.45) is 2.19. The van der Waals surface area contributed by atoms with Crippen molar-refractivity contribution in [1.29, 1.82) is 0 Å². The fraction of sp³-hybridized carbons (Fsp3) is 0.333. The monoisotopic (exact) mass is 331 g/mol. The van der Waals surface area contributed by atoms with Gasteiger partial charge in [-0.1, -0.05) is 42.5 Å². The van der Waals surface area contributed by atoms with Crippen LogP contribution in [0.1, 0.15) is 18.4 Å². The van der Waals surface area contributed by atoms with Crippen molar-refractivity contribution in [2.24, 2.45) is 0 Å². The van der Waals surface area contributed by atoms with E-state index in [9.17, 15) is 9.59 Å². The van der Waals surface area contributed by atoms with E-state index >= 15 is 0 Å². The molecule has 0 heterocycles. The molecule has 4 nitrogen and oxygen atoms in total. The van der Waals surface area contributed by atoms with Crippen LogP contribution in [0.25, 0.3) is 10.8 Å². The van der Waals surface area contributed by atoms with Crippen LogP contribution in [-0.2, 0) is 16.0 Å². The quantitative estimate of drug-likeness (QED) is 0.693. The number of carbonyl (C=O) groups excluding carboxylic acids is 1. The number of benzene rings is 2. The molecule has 5 heteroatoms. The maximum absolute atomic E-state index is 11.7. The third-order valence-corrected chi connectivity index (χ3v) is 4.42. The first-order valence-corrected chi connectivity index (χ1v) is 8.84. The van der Waals surface area contributed by atoms with Gasteiger partial charge in [-0.15, -0.1) is 11.8 Å². The van der Waals surface area contributed by atoms with Crippen LogP contribution < -0.4 is 5.32 Å². The minimum absolute atomic E-state index is 0.0294. The lowest BCUT2D eigenvalue weighted by molar-refractivity contribution is -0.133. The summed E-state index contributed by atoms with van der Waals surface area (Å²) in [4.78, 5) is 22.1. The van der Waals surface area contributed by atoms with E-state index in [2.05, 4.69) is 35.6 Å². The number of rotatable bonds is 9. The number of thioether (sulfide) groups is 1. The molecule has 0 aliphatic rings. The van der Waals surface area contributed by atoms with Gasteiger partial charge in [0.2, 0.25) is 5.91 Å². The zero-order valence-electron chi connectivity index (χ0n) is 13.0. The Labute approximate surface area is 140 Å². The largest absolute Gasteiger partial charge is 0.481 e. The summed E-state index contributed by atoms with van der Waals surface area (Å²) in [5.74, 6) is -0.0842. The van der Waals surface area contributed by atoms with Crippen molar-refractivity contribution in [2.75, 3.05) is 18.1 Å². The minimum atomic E-state index is -0.822. The molecule has 0 atom stereocenters. The lowest BCUT2D eigenvalue weighted by Crippen LogP contribution is -2.25. The maximum atomic E-state index is 11.7. The van der Waals surface area contributed by atoms with Gasteiger partial charge < -0.3 is 10.4 Å². The number of hydrogen-bond acceptors (Lipinski definition) is 3. The van der Waals surface area contributed by atoms with Crippen molar-refractivity contribution < 1.29 is 14.7 Å². The number of aliphatic carboxylic acids is 1. The Morgan fingerprint density at radius 1 is 1.09 bits per heavy atom. The summed E-state index contributed by atoms with van der Waals surface area (Å²) in [6.45, 7) is 0.521. The normalized spacial score (nSPS) is 10.6. The number of carboxylic acids is 1. The molecular formula is C18H21NO3S. The van der Waals surface area contributed by atoms with Crippen molar-refractivity contribution in [2.45, 2.75) is 19.3 Å². The number of carboxylic acid groups (broad SMARTS) is 1. The van der Waals surface area contributed by atoms with Gasteiger partial charge in [-0.05, 0) is 29.2 Å². The first kappa shape index (κ1) is 17.3. The van der Waals surface area contributed by atoms with Crippen LogP contribution >= 0.6 is 11.8 Å². The number of hydrogen-bond donors (Lipinski definition) is 2. The summed E-state index contributed by atoms with van der Waals surface area (Å²) in [5, 5.41) is 13.8. The van der Waals surface area contributed by atoms with E-state index in [1.807, 2.05) is 12.1 Å². The predicted octanol–water partition coefficient (Wildman–Crippen LogP) is 3.10. The number of carbonyl (C=O) groups is 2. The molecule has 0 radical (unpaired) electrons. The molecule has 2 aromatic rings. The first-order valence-electron chi connectivity index (χ1n) is 7.69. The highest BCUT2D eigenvalue weighted by molar-refractivity contribution is 7.99. The fourth-order valence-electron chi connectivity index (χ4n) is 2.36. The predicted molar refractivity (Wildman–Crippen MR) is 94.9 cm³/mol. The molecular weight excluding hydrogens is 310 g/mol. The molecule has 23 heavy (non-hydrogen) atoms. The van der Waals surface area contributed by atoms with Crippen LogP contribution in [0.2, 0.25) is 0 Å². The molecule has 2 rings (SSSR count). The number of fused-ring (bicyclic) bond motifs is 1. The zero-order valence-corrected chi connectivity index (χ0v) is 13.8. The highest BCUT2D eigenvalue weighted by Gasteiger charge is 2.03. The summed E-state index contributed by atoms with van der Waals surface area (Å²) in [5.41, 5.74) is 1.24. The van der Waals surface area contributed by atoms with Crippen LogP contribution in [0.5, 0.6) is 0 Å². The van der Waals surface area contributed by atoms with Crippen molar-refractivity contribution in [1.82, 2.24) is 5.32 Å². The number of aryl methyl sites for hydroxylation is 1. The number of nitrogens with one attached hydrogen (secondary N) is 1. The molecule has 2 N–H and O–H groups in total. The molecule has 0 aliphatic carbocycles. The van der Waals surface area contributed by atoms with Gasteiger partial charge in [0, 0.05) is 18.7 Å². The molecule has 1 amide bonds. The van der Waals surface area contributed by atoms with Crippen LogP contribution in [0.4, 0.5) is 0 Å². The second-order valence-corrected chi connectivity index (χ2v) is 6.44.